The van der Waals surface area contributed by atoms with Crippen molar-refractivity contribution in [3.8, 4) is 12.1 Å². The van der Waals surface area contributed by atoms with Crippen LogP contribution in [0.15, 0.2) is 24.3 Å². The molecule has 0 N–H and O–H groups in total. The number of nitriles is 2. The van der Waals surface area contributed by atoms with Gasteiger partial charge in [-0.25, -0.2) is 0 Å². The highest BCUT2D eigenvalue weighted by molar-refractivity contribution is 5.94. The highest BCUT2D eigenvalue weighted by Crippen LogP contribution is 2.13. The number of hydrogen-bond donors (Lipinski definition) is 0. The van der Waals surface area contributed by atoms with Crippen LogP contribution in [0, 0.1) is 22.7 Å². The van der Waals surface area contributed by atoms with E-state index in [1.165, 1.54) is 4.90 Å². The van der Waals surface area contributed by atoms with Crippen LogP contribution < -0.4 is 4.90 Å². The Morgan fingerprint density at radius 3 is 2.40 bits per heavy atom. The number of carbonyl (C=O) groups is 1. The molecular formula is C11H9N3O. The Morgan fingerprint density at radius 2 is 1.93 bits per heavy atom. The molecule has 0 fully saturated rings. The number of nitrogens with zero attached hydrogens (tertiary/aromatic N) is 3. The van der Waals surface area contributed by atoms with Crippen molar-refractivity contribution in [3.63, 3.8) is 0 Å². The number of rotatable bonds is 2. The third-order valence-electron chi connectivity index (χ3n) is 1.99. The van der Waals surface area contributed by atoms with Crippen LogP contribution in [0.4, 0.5) is 5.69 Å². The topological polar surface area (TPSA) is 67.9 Å². The molecule has 4 nitrogen and oxygen atoms in total. The summed E-state index contributed by atoms with van der Waals surface area (Å²) in [6.45, 7) is 0. The molecule has 1 amide bonds. The minimum atomic E-state index is -0.262. The Balaban J connectivity index is 2.84. The normalized spacial score (nSPS) is 8.73. The van der Waals surface area contributed by atoms with Crippen molar-refractivity contribution in [2.24, 2.45) is 0 Å². The average molecular weight is 199 g/mol. The zero-order chi connectivity index (χ0) is 11.3. The Labute approximate surface area is 88.0 Å². The fourth-order valence-corrected chi connectivity index (χ4v) is 1.09. The van der Waals surface area contributed by atoms with Gasteiger partial charge in [0.1, 0.15) is 6.42 Å². The molecule has 0 atom stereocenters. The molecule has 0 unspecified atom stereocenters. The van der Waals surface area contributed by atoms with E-state index in [0.29, 0.717) is 11.3 Å². The molecule has 0 saturated carbocycles. The van der Waals surface area contributed by atoms with E-state index >= 15 is 0 Å². The summed E-state index contributed by atoms with van der Waals surface area (Å²) in [5.41, 5.74) is 1.22. The molecule has 0 bridgehead atoms. The Morgan fingerprint density at radius 1 is 1.33 bits per heavy atom. The van der Waals surface area contributed by atoms with Crippen molar-refractivity contribution in [2.45, 2.75) is 6.42 Å². The monoisotopic (exact) mass is 199 g/mol. The Hall–Kier alpha value is -2.33. The minimum Gasteiger partial charge on any atom is -0.315 e. The van der Waals surface area contributed by atoms with Gasteiger partial charge in [0.25, 0.3) is 0 Å². The molecule has 0 aliphatic heterocycles. The second kappa shape index (κ2) is 4.78. The van der Waals surface area contributed by atoms with Gasteiger partial charge in [0.05, 0.1) is 17.7 Å². The van der Waals surface area contributed by atoms with Gasteiger partial charge in [-0.15, -0.1) is 0 Å². The number of benzene rings is 1. The van der Waals surface area contributed by atoms with E-state index in [4.69, 9.17) is 10.5 Å². The molecule has 0 aromatic heterocycles. The first kappa shape index (κ1) is 10.7. The molecule has 15 heavy (non-hydrogen) atoms. The lowest BCUT2D eigenvalue weighted by Crippen LogP contribution is -2.25. The van der Waals surface area contributed by atoms with Gasteiger partial charge in [0, 0.05) is 12.7 Å². The summed E-state index contributed by atoms with van der Waals surface area (Å²) < 4.78 is 0. The van der Waals surface area contributed by atoms with Gasteiger partial charge < -0.3 is 4.90 Å². The fourth-order valence-electron chi connectivity index (χ4n) is 1.09. The minimum absolute atomic E-state index is 0.142. The molecule has 1 rings (SSSR count). The molecule has 74 valence electrons. The molecule has 0 saturated heterocycles. The lowest BCUT2D eigenvalue weighted by Gasteiger charge is -2.15. The lowest BCUT2D eigenvalue weighted by molar-refractivity contribution is -0.117. The van der Waals surface area contributed by atoms with Crippen molar-refractivity contribution in [2.75, 3.05) is 11.9 Å². The zero-order valence-corrected chi connectivity index (χ0v) is 8.27. The number of hydrogen-bond acceptors (Lipinski definition) is 3. The first-order valence-corrected chi connectivity index (χ1v) is 4.32. The van der Waals surface area contributed by atoms with E-state index in [1.807, 2.05) is 6.07 Å². The van der Waals surface area contributed by atoms with Crippen LogP contribution in [0.5, 0.6) is 0 Å². The number of anilines is 1. The van der Waals surface area contributed by atoms with Crippen molar-refractivity contribution in [1.82, 2.24) is 0 Å². The van der Waals surface area contributed by atoms with Crippen molar-refractivity contribution in [1.29, 1.82) is 10.5 Å². The number of carbonyl (C=O) groups excluding carboxylic acids is 1. The standard InChI is InChI=1S/C11H9N3O/c1-14(11(15)6-7-12)10-4-2-9(8-13)3-5-10/h2-5H,6H2,1H3. The third kappa shape index (κ3) is 2.55. The van der Waals surface area contributed by atoms with Crippen LogP contribution in [-0.4, -0.2) is 13.0 Å². The van der Waals surface area contributed by atoms with Crippen molar-refractivity contribution in [3.05, 3.63) is 29.8 Å². The molecule has 4 heteroatoms. The largest absolute Gasteiger partial charge is 0.315 e. The van der Waals surface area contributed by atoms with Crippen LogP contribution in [0.25, 0.3) is 0 Å². The van der Waals surface area contributed by atoms with Gasteiger partial charge in [-0.3, -0.25) is 4.79 Å². The van der Waals surface area contributed by atoms with Crippen molar-refractivity contribution >= 4 is 11.6 Å². The average Bonchev–Trinajstić information content (AvgIpc) is 2.28. The van der Waals surface area contributed by atoms with Crippen LogP contribution in [-0.2, 0) is 4.79 Å². The van der Waals surface area contributed by atoms with E-state index in [1.54, 1.807) is 37.4 Å². The summed E-state index contributed by atoms with van der Waals surface area (Å²) in [5.74, 6) is -0.262. The van der Waals surface area contributed by atoms with Crippen LogP contribution in [0.3, 0.4) is 0 Å². The molecule has 0 radical (unpaired) electrons. The molecule has 1 aromatic rings. The maximum atomic E-state index is 11.3. The van der Waals surface area contributed by atoms with Gasteiger partial charge in [-0.05, 0) is 24.3 Å². The Kier molecular flexibility index (Phi) is 3.43. The van der Waals surface area contributed by atoms with Gasteiger partial charge in [0.15, 0.2) is 0 Å². The molecule has 0 spiro atoms. The summed E-state index contributed by atoms with van der Waals surface area (Å²) in [6, 6.07) is 10.4. The van der Waals surface area contributed by atoms with E-state index in [0.717, 1.165) is 0 Å². The molecular weight excluding hydrogens is 190 g/mol. The van der Waals surface area contributed by atoms with E-state index in [9.17, 15) is 4.79 Å². The Bertz CT molecular complexity index is 436. The molecule has 0 aliphatic carbocycles. The van der Waals surface area contributed by atoms with Crippen LogP contribution >= 0.6 is 0 Å². The van der Waals surface area contributed by atoms with Crippen LogP contribution in [0.2, 0.25) is 0 Å². The summed E-state index contributed by atoms with van der Waals surface area (Å²) in [4.78, 5) is 12.7. The summed E-state index contributed by atoms with van der Waals surface area (Å²) in [7, 11) is 1.60. The maximum absolute atomic E-state index is 11.3. The van der Waals surface area contributed by atoms with E-state index in [-0.39, 0.29) is 12.3 Å². The second-order valence-corrected chi connectivity index (χ2v) is 2.95. The van der Waals surface area contributed by atoms with Crippen molar-refractivity contribution < 1.29 is 4.79 Å². The third-order valence-corrected chi connectivity index (χ3v) is 1.99. The first-order chi connectivity index (χ1) is 7.19. The molecule has 1 aromatic carbocycles. The maximum Gasteiger partial charge on any atom is 0.240 e. The highest BCUT2D eigenvalue weighted by Gasteiger charge is 2.09. The lowest BCUT2D eigenvalue weighted by atomic mass is 10.2. The predicted octanol–water partition coefficient (Wildman–Crippen LogP) is 1.43. The van der Waals surface area contributed by atoms with E-state index in [2.05, 4.69) is 0 Å². The molecule has 0 heterocycles. The smallest absolute Gasteiger partial charge is 0.240 e. The predicted molar refractivity (Wildman–Crippen MR) is 54.8 cm³/mol. The summed E-state index contributed by atoms with van der Waals surface area (Å²) in [5, 5.41) is 17.0. The quantitative estimate of drug-likeness (QED) is 0.723. The first-order valence-electron chi connectivity index (χ1n) is 4.32. The van der Waals surface area contributed by atoms with Gasteiger partial charge in [-0.1, -0.05) is 0 Å². The SMILES string of the molecule is CN(C(=O)CC#N)c1ccc(C#N)cc1. The molecule has 0 aliphatic rings. The summed E-state index contributed by atoms with van der Waals surface area (Å²) in [6.07, 6.45) is -0.142. The second-order valence-electron chi connectivity index (χ2n) is 2.95. The number of amides is 1. The zero-order valence-electron chi connectivity index (χ0n) is 8.27. The van der Waals surface area contributed by atoms with E-state index < -0.39 is 0 Å². The van der Waals surface area contributed by atoms with Gasteiger partial charge in [0.2, 0.25) is 5.91 Å². The van der Waals surface area contributed by atoms with Gasteiger partial charge in [-0.2, -0.15) is 10.5 Å². The summed E-state index contributed by atoms with van der Waals surface area (Å²) >= 11 is 0. The fraction of sp³-hybridized carbons (Fsp3) is 0.182. The van der Waals surface area contributed by atoms with Gasteiger partial charge >= 0.3 is 0 Å². The van der Waals surface area contributed by atoms with Crippen LogP contribution in [0.1, 0.15) is 12.0 Å². The highest BCUT2D eigenvalue weighted by atomic mass is 16.2.